The number of carbonyl (C=O) groups excluding carboxylic acids is 2. The second-order valence-electron chi connectivity index (χ2n) is 5.48. The minimum Gasteiger partial charge on any atom is -0.422 e. The first-order chi connectivity index (χ1) is 13.2. The summed E-state index contributed by atoms with van der Waals surface area (Å²) in [4.78, 5) is 31.3. The van der Waals surface area contributed by atoms with Crippen molar-refractivity contribution in [3.05, 3.63) is 94.9 Å². The lowest BCUT2D eigenvalue weighted by Crippen LogP contribution is -2.38. The third kappa shape index (κ3) is 4.75. The fraction of sp³-hybridized carbons (Fsp3) is 0.0526. The van der Waals surface area contributed by atoms with Crippen LogP contribution in [-0.4, -0.2) is 16.7 Å². The van der Waals surface area contributed by atoms with Crippen molar-refractivity contribution in [2.45, 2.75) is 6.54 Å². The summed E-state index contributed by atoms with van der Waals surface area (Å²) in [6, 6.07) is 15.1. The number of nitrogens with zero attached hydrogens (tertiary/aromatic N) is 5. The van der Waals surface area contributed by atoms with Gasteiger partial charge in [-0.05, 0) is 17.7 Å². The topological polar surface area (TPSA) is 109 Å². The highest BCUT2D eigenvalue weighted by molar-refractivity contribution is 5.95. The third-order valence-electron chi connectivity index (χ3n) is 3.58. The van der Waals surface area contributed by atoms with Crippen molar-refractivity contribution in [1.29, 1.82) is 0 Å². The van der Waals surface area contributed by atoms with Crippen LogP contribution in [0.3, 0.4) is 0 Å². The first-order valence-electron chi connectivity index (χ1n) is 7.96. The Morgan fingerprint density at radius 2 is 1.96 bits per heavy atom. The third-order valence-corrected chi connectivity index (χ3v) is 3.58. The summed E-state index contributed by atoms with van der Waals surface area (Å²) in [6.07, 6.45) is 4.46. The first-order valence-corrected chi connectivity index (χ1v) is 7.96. The van der Waals surface area contributed by atoms with Gasteiger partial charge in [0.05, 0.1) is 6.20 Å². The van der Waals surface area contributed by atoms with Crippen molar-refractivity contribution >= 4 is 17.4 Å². The van der Waals surface area contributed by atoms with Gasteiger partial charge in [0.15, 0.2) is 6.20 Å². The number of rotatable bonds is 6. The second-order valence-corrected chi connectivity index (χ2v) is 5.48. The number of esters is 1. The average molecular weight is 360 g/mol. The van der Waals surface area contributed by atoms with Gasteiger partial charge in [0, 0.05) is 16.2 Å². The van der Waals surface area contributed by atoms with E-state index in [1.807, 2.05) is 6.07 Å². The minimum atomic E-state index is -0.686. The molecule has 2 aromatic carbocycles. The molecule has 0 radical (unpaired) electrons. The number of ether oxygens (including phenoxy) is 1. The Labute approximate surface area is 154 Å². The van der Waals surface area contributed by atoms with Crippen LogP contribution in [0.25, 0.3) is 10.4 Å². The summed E-state index contributed by atoms with van der Waals surface area (Å²) >= 11 is 0. The molecule has 0 amide bonds. The zero-order valence-corrected chi connectivity index (χ0v) is 14.1. The summed E-state index contributed by atoms with van der Waals surface area (Å²) < 4.78 is 6.81. The van der Waals surface area contributed by atoms with E-state index in [9.17, 15) is 9.59 Å². The molecule has 0 saturated carbocycles. The van der Waals surface area contributed by atoms with Crippen LogP contribution in [0.4, 0.5) is 5.69 Å². The zero-order valence-electron chi connectivity index (χ0n) is 14.1. The summed E-state index contributed by atoms with van der Waals surface area (Å²) in [7, 11) is 0. The zero-order chi connectivity index (χ0) is 19.1. The standard InChI is InChI=1S/C19H14N5O3/c20-23-22-15-7-4-8-16(11-15)27-19(26)17-12-24(10-9-21-17)13-18(25)14-5-2-1-3-6-14/h1-12H,13H2/q+1. The number of Topliss-reactive ketones (excluding diaryl/α,β-unsaturated/α-hetero) is 1. The normalized spacial score (nSPS) is 9.93. The Morgan fingerprint density at radius 3 is 2.74 bits per heavy atom. The Hall–Kier alpha value is -4.03. The fourth-order valence-corrected chi connectivity index (χ4v) is 2.34. The van der Waals surface area contributed by atoms with E-state index in [1.54, 1.807) is 53.2 Å². The Balaban J connectivity index is 1.73. The van der Waals surface area contributed by atoms with Crippen LogP contribution < -0.4 is 9.30 Å². The van der Waals surface area contributed by atoms with E-state index in [0.717, 1.165) is 0 Å². The Bertz CT molecular complexity index is 1030. The van der Waals surface area contributed by atoms with Gasteiger partial charge in [-0.25, -0.2) is 9.78 Å². The Morgan fingerprint density at radius 1 is 1.15 bits per heavy atom. The number of ketones is 1. The van der Waals surface area contributed by atoms with E-state index in [2.05, 4.69) is 15.0 Å². The van der Waals surface area contributed by atoms with Gasteiger partial charge in [0.1, 0.15) is 5.75 Å². The van der Waals surface area contributed by atoms with E-state index in [1.165, 1.54) is 18.5 Å². The van der Waals surface area contributed by atoms with Gasteiger partial charge in [0.25, 0.3) is 0 Å². The van der Waals surface area contributed by atoms with E-state index in [4.69, 9.17) is 10.3 Å². The maximum absolute atomic E-state index is 12.3. The van der Waals surface area contributed by atoms with E-state index < -0.39 is 5.97 Å². The number of benzene rings is 2. The van der Waals surface area contributed by atoms with Gasteiger partial charge >= 0.3 is 5.97 Å². The molecule has 0 fully saturated rings. The van der Waals surface area contributed by atoms with Gasteiger partial charge < -0.3 is 4.74 Å². The maximum atomic E-state index is 12.3. The molecule has 0 bridgehead atoms. The first kappa shape index (κ1) is 17.8. The summed E-state index contributed by atoms with van der Waals surface area (Å²) in [5, 5.41) is 3.45. The lowest BCUT2D eigenvalue weighted by atomic mass is 10.1. The molecule has 8 nitrogen and oxygen atoms in total. The quantitative estimate of drug-likeness (QED) is 0.128. The Kier molecular flexibility index (Phi) is 5.51. The molecule has 0 N–H and O–H groups in total. The number of azide groups is 1. The highest BCUT2D eigenvalue weighted by Gasteiger charge is 2.17. The molecule has 0 unspecified atom stereocenters. The molecular weight excluding hydrogens is 346 g/mol. The number of carbonyl (C=O) groups is 2. The second kappa shape index (κ2) is 8.37. The molecule has 0 aliphatic rings. The molecule has 0 aliphatic carbocycles. The lowest BCUT2D eigenvalue weighted by Gasteiger charge is -2.04. The van der Waals surface area contributed by atoms with Crippen LogP contribution in [-0.2, 0) is 6.54 Å². The summed E-state index contributed by atoms with van der Waals surface area (Å²) in [5.74, 6) is -0.551. The summed E-state index contributed by atoms with van der Waals surface area (Å²) in [5.41, 5.74) is 9.42. The van der Waals surface area contributed by atoms with Crippen molar-refractivity contribution in [3.8, 4) is 5.75 Å². The molecule has 132 valence electrons. The van der Waals surface area contributed by atoms with Gasteiger partial charge in [-0.2, -0.15) is 4.57 Å². The van der Waals surface area contributed by atoms with E-state index in [-0.39, 0.29) is 23.8 Å². The predicted octanol–water partition coefficient (Wildman–Crippen LogP) is 3.41. The minimum absolute atomic E-state index is 0.0487. The molecule has 3 aromatic rings. The molecule has 0 atom stereocenters. The van der Waals surface area contributed by atoms with Gasteiger partial charge in [-0.1, -0.05) is 47.6 Å². The smallest absolute Gasteiger partial charge is 0.368 e. The molecule has 0 spiro atoms. The maximum Gasteiger partial charge on any atom is 0.368 e. The van der Waals surface area contributed by atoms with Crippen LogP contribution >= 0.6 is 0 Å². The fourth-order valence-electron chi connectivity index (χ4n) is 2.34. The van der Waals surface area contributed by atoms with Crippen LogP contribution in [0.5, 0.6) is 5.75 Å². The van der Waals surface area contributed by atoms with Crippen LogP contribution in [0, 0.1) is 0 Å². The predicted molar refractivity (Wildman–Crippen MR) is 95.4 cm³/mol. The number of hydrogen-bond acceptors (Lipinski definition) is 5. The average Bonchev–Trinajstić information content (AvgIpc) is 2.69. The molecule has 3 rings (SSSR count). The summed E-state index contributed by atoms with van der Waals surface area (Å²) in [6.45, 7) is 0.0686. The monoisotopic (exact) mass is 360 g/mol. The van der Waals surface area contributed by atoms with Crippen molar-refractivity contribution in [2.75, 3.05) is 0 Å². The molecule has 27 heavy (non-hydrogen) atoms. The molecule has 0 saturated heterocycles. The van der Waals surface area contributed by atoms with E-state index in [0.29, 0.717) is 11.3 Å². The van der Waals surface area contributed by atoms with Crippen molar-refractivity contribution < 1.29 is 18.9 Å². The number of hydrogen-bond donors (Lipinski definition) is 0. The van der Waals surface area contributed by atoms with E-state index >= 15 is 0 Å². The largest absolute Gasteiger partial charge is 0.422 e. The molecular formula is C19H14N5O3+. The highest BCUT2D eigenvalue weighted by atomic mass is 16.5. The van der Waals surface area contributed by atoms with Crippen molar-refractivity contribution in [2.24, 2.45) is 5.11 Å². The molecule has 0 aliphatic heterocycles. The number of aromatic nitrogens is 2. The van der Waals surface area contributed by atoms with Crippen molar-refractivity contribution in [3.63, 3.8) is 0 Å². The van der Waals surface area contributed by atoms with Crippen LogP contribution in [0.15, 0.2) is 78.3 Å². The van der Waals surface area contributed by atoms with Crippen LogP contribution in [0.1, 0.15) is 20.8 Å². The van der Waals surface area contributed by atoms with Crippen LogP contribution in [0.2, 0.25) is 0 Å². The van der Waals surface area contributed by atoms with Gasteiger partial charge in [-0.15, -0.1) is 0 Å². The highest BCUT2D eigenvalue weighted by Crippen LogP contribution is 2.20. The molecule has 1 heterocycles. The SMILES string of the molecule is [N-]=[N+]=Nc1cccc(OC(=O)c2c[n+](CC(=O)c3ccccc3)ccn2)c1. The van der Waals surface area contributed by atoms with Crippen molar-refractivity contribution in [1.82, 2.24) is 4.98 Å². The lowest BCUT2D eigenvalue weighted by molar-refractivity contribution is -0.683. The van der Waals surface area contributed by atoms with Gasteiger partial charge in [-0.3, -0.25) is 4.79 Å². The molecule has 8 heteroatoms. The van der Waals surface area contributed by atoms with Gasteiger partial charge in [0.2, 0.25) is 24.2 Å². The molecule has 1 aromatic heterocycles.